The van der Waals surface area contributed by atoms with Gasteiger partial charge in [0.05, 0.1) is 5.39 Å². The first-order valence-corrected chi connectivity index (χ1v) is 7.35. The topological polar surface area (TPSA) is 7.76 Å². The Bertz CT molecular complexity index is 796. The van der Waals surface area contributed by atoms with Crippen LogP contribution in [0.25, 0.3) is 22.0 Å². The van der Waals surface area contributed by atoms with Gasteiger partial charge >= 0.3 is 5.95 Å². The van der Waals surface area contributed by atoms with Crippen molar-refractivity contribution in [2.75, 3.05) is 0 Å². The zero-order chi connectivity index (χ0) is 14.8. The summed E-state index contributed by atoms with van der Waals surface area (Å²) < 4.78 is 17.8. The standard InChI is InChI=1S/C18H19FN2/c1-3-20-12-10-15(16-7-5-6-8-17(16)20)14-9-11-21(4-2)18(19)13-14/h5-13H,3-4H2,1-2H3/q+2. The van der Waals surface area contributed by atoms with E-state index in [2.05, 4.69) is 35.9 Å². The predicted molar refractivity (Wildman–Crippen MR) is 81.1 cm³/mol. The zero-order valence-corrected chi connectivity index (χ0v) is 12.4. The summed E-state index contributed by atoms with van der Waals surface area (Å²) >= 11 is 0. The maximum Gasteiger partial charge on any atom is 0.360 e. The number of aromatic nitrogens is 2. The van der Waals surface area contributed by atoms with E-state index in [9.17, 15) is 4.39 Å². The highest BCUT2D eigenvalue weighted by molar-refractivity contribution is 5.92. The molecular weight excluding hydrogens is 263 g/mol. The fraction of sp³-hybridized carbons (Fsp3) is 0.222. The number of fused-ring (bicyclic) bond motifs is 1. The van der Waals surface area contributed by atoms with Crippen molar-refractivity contribution in [3.05, 3.63) is 60.8 Å². The van der Waals surface area contributed by atoms with Crippen LogP contribution in [0.4, 0.5) is 4.39 Å². The van der Waals surface area contributed by atoms with Gasteiger partial charge in [0, 0.05) is 29.8 Å². The summed E-state index contributed by atoms with van der Waals surface area (Å²) in [6.07, 6.45) is 3.87. The van der Waals surface area contributed by atoms with E-state index in [0.717, 1.165) is 23.1 Å². The van der Waals surface area contributed by atoms with Crippen molar-refractivity contribution in [2.24, 2.45) is 0 Å². The lowest BCUT2D eigenvalue weighted by Gasteiger charge is -2.06. The van der Waals surface area contributed by atoms with Crippen molar-refractivity contribution in [3.63, 3.8) is 0 Å². The normalized spacial score (nSPS) is 11.0. The van der Waals surface area contributed by atoms with Gasteiger partial charge in [-0.3, -0.25) is 0 Å². The number of nitrogens with zero attached hydrogens (tertiary/aromatic N) is 2. The van der Waals surface area contributed by atoms with Crippen LogP contribution in [-0.4, -0.2) is 0 Å². The first-order chi connectivity index (χ1) is 10.2. The lowest BCUT2D eigenvalue weighted by Crippen LogP contribution is -2.36. The monoisotopic (exact) mass is 282 g/mol. The molecule has 2 heterocycles. The smallest absolute Gasteiger partial charge is 0.199 e. The van der Waals surface area contributed by atoms with Crippen LogP contribution in [0.1, 0.15) is 13.8 Å². The highest BCUT2D eigenvalue weighted by Gasteiger charge is 2.15. The minimum atomic E-state index is -0.202. The Morgan fingerprint density at radius 3 is 2.33 bits per heavy atom. The predicted octanol–water partition coefficient (Wildman–Crippen LogP) is 3.26. The van der Waals surface area contributed by atoms with Gasteiger partial charge in [0.2, 0.25) is 5.52 Å². The molecule has 2 aromatic heterocycles. The first-order valence-electron chi connectivity index (χ1n) is 7.35. The van der Waals surface area contributed by atoms with Crippen molar-refractivity contribution >= 4 is 10.9 Å². The summed E-state index contributed by atoms with van der Waals surface area (Å²) in [7, 11) is 0. The van der Waals surface area contributed by atoms with Crippen LogP contribution in [0.5, 0.6) is 0 Å². The maximum atomic E-state index is 14.0. The second-order valence-corrected chi connectivity index (χ2v) is 5.06. The van der Waals surface area contributed by atoms with Crippen LogP contribution in [0, 0.1) is 5.95 Å². The molecule has 0 aliphatic rings. The average molecular weight is 282 g/mol. The van der Waals surface area contributed by atoms with Gasteiger partial charge in [0.1, 0.15) is 13.1 Å². The Morgan fingerprint density at radius 2 is 1.62 bits per heavy atom. The van der Waals surface area contributed by atoms with E-state index in [4.69, 9.17) is 0 Å². The van der Waals surface area contributed by atoms with Gasteiger partial charge in [0.25, 0.3) is 0 Å². The first kappa shape index (κ1) is 13.7. The number of para-hydroxylation sites is 1. The van der Waals surface area contributed by atoms with Gasteiger partial charge in [0.15, 0.2) is 12.4 Å². The molecular formula is C18H19FN2+2. The van der Waals surface area contributed by atoms with Crippen molar-refractivity contribution < 1.29 is 13.5 Å². The molecule has 0 atom stereocenters. The molecule has 0 radical (unpaired) electrons. The molecule has 21 heavy (non-hydrogen) atoms. The van der Waals surface area contributed by atoms with Gasteiger partial charge in [-0.1, -0.05) is 12.1 Å². The number of halogens is 1. The molecule has 0 amide bonds. The molecule has 0 saturated carbocycles. The largest absolute Gasteiger partial charge is 0.360 e. The van der Waals surface area contributed by atoms with Crippen LogP contribution >= 0.6 is 0 Å². The molecule has 0 fully saturated rings. The van der Waals surface area contributed by atoms with Crippen molar-refractivity contribution in [2.45, 2.75) is 26.9 Å². The van der Waals surface area contributed by atoms with Crippen molar-refractivity contribution in [1.29, 1.82) is 0 Å². The van der Waals surface area contributed by atoms with Crippen LogP contribution in [0.3, 0.4) is 0 Å². The summed E-state index contributed by atoms with van der Waals surface area (Å²) in [6.45, 7) is 5.61. The third-order valence-corrected chi connectivity index (χ3v) is 3.90. The lowest BCUT2D eigenvalue weighted by molar-refractivity contribution is -0.720. The summed E-state index contributed by atoms with van der Waals surface area (Å²) in [5, 5.41) is 1.15. The van der Waals surface area contributed by atoms with E-state index in [0.29, 0.717) is 6.54 Å². The van der Waals surface area contributed by atoms with Gasteiger partial charge in [-0.25, -0.2) is 0 Å². The maximum absolute atomic E-state index is 14.0. The van der Waals surface area contributed by atoms with Crippen LogP contribution in [-0.2, 0) is 13.1 Å². The summed E-state index contributed by atoms with van der Waals surface area (Å²) in [5.41, 5.74) is 3.15. The molecule has 0 aliphatic heterocycles. The van der Waals surface area contributed by atoms with Gasteiger partial charge < -0.3 is 0 Å². The van der Waals surface area contributed by atoms with E-state index in [1.165, 1.54) is 5.52 Å². The summed E-state index contributed by atoms with van der Waals surface area (Å²) in [4.78, 5) is 0. The van der Waals surface area contributed by atoms with E-state index in [1.807, 2.05) is 25.1 Å². The molecule has 106 valence electrons. The second-order valence-electron chi connectivity index (χ2n) is 5.06. The Labute approximate surface area is 124 Å². The average Bonchev–Trinajstić information content (AvgIpc) is 2.53. The molecule has 1 aromatic carbocycles. The molecule has 3 aromatic rings. The minimum Gasteiger partial charge on any atom is -0.199 e. The summed E-state index contributed by atoms with van der Waals surface area (Å²) in [5.74, 6) is -0.202. The molecule has 0 aliphatic carbocycles. The fourth-order valence-corrected chi connectivity index (χ4v) is 2.74. The fourth-order valence-electron chi connectivity index (χ4n) is 2.74. The Morgan fingerprint density at radius 1 is 0.905 bits per heavy atom. The highest BCUT2D eigenvalue weighted by atomic mass is 19.1. The number of rotatable bonds is 3. The number of aryl methyl sites for hydroxylation is 2. The van der Waals surface area contributed by atoms with E-state index < -0.39 is 0 Å². The van der Waals surface area contributed by atoms with E-state index >= 15 is 0 Å². The molecule has 3 rings (SSSR count). The second kappa shape index (κ2) is 5.60. The van der Waals surface area contributed by atoms with Crippen LogP contribution in [0.2, 0.25) is 0 Å². The number of hydrogen-bond acceptors (Lipinski definition) is 0. The van der Waals surface area contributed by atoms with Gasteiger partial charge in [-0.15, -0.1) is 4.39 Å². The molecule has 0 N–H and O–H groups in total. The molecule has 3 heteroatoms. The molecule has 0 bridgehead atoms. The third kappa shape index (κ3) is 2.40. The molecule has 2 nitrogen and oxygen atoms in total. The van der Waals surface area contributed by atoms with E-state index in [-0.39, 0.29) is 5.95 Å². The van der Waals surface area contributed by atoms with Crippen LogP contribution in [0.15, 0.2) is 54.9 Å². The quantitative estimate of drug-likeness (QED) is 0.514. The molecule has 0 spiro atoms. The van der Waals surface area contributed by atoms with Crippen LogP contribution < -0.4 is 9.13 Å². The minimum absolute atomic E-state index is 0.202. The zero-order valence-electron chi connectivity index (χ0n) is 12.4. The Balaban J connectivity index is 2.23. The number of hydrogen-bond donors (Lipinski definition) is 0. The Hall–Kier alpha value is -2.29. The SMILES string of the molecule is CC[n+]1ccc(-c2cc[n+](CC)c3ccccc23)cc1F. The molecule has 0 unspecified atom stereocenters. The Kier molecular flexibility index (Phi) is 3.65. The highest BCUT2D eigenvalue weighted by Crippen LogP contribution is 2.26. The lowest BCUT2D eigenvalue weighted by atomic mass is 10.0. The van der Waals surface area contributed by atoms with Crippen molar-refractivity contribution in [3.8, 4) is 11.1 Å². The van der Waals surface area contributed by atoms with Crippen molar-refractivity contribution in [1.82, 2.24) is 0 Å². The van der Waals surface area contributed by atoms with Gasteiger partial charge in [-0.2, -0.15) is 9.13 Å². The summed E-state index contributed by atoms with van der Waals surface area (Å²) in [6, 6.07) is 13.9. The van der Waals surface area contributed by atoms with E-state index in [1.54, 1.807) is 16.8 Å². The third-order valence-electron chi connectivity index (χ3n) is 3.90. The van der Waals surface area contributed by atoms with Gasteiger partial charge in [-0.05, 0) is 25.5 Å². The molecule has 0 saturated heterocycles. The number of benzene rings is 1. The number of pyridine rings is 2.